The molecule has 0 saturated heterocycles. The molecule has 0 amide bonds. The summed E-state index contributed by atoms with van der Waals surface area (Å²) in [6, 6.07) is 9.87. The number of aromatic nitrogens is 4. The highest BCUT2D eigenvalue weighted by Crippen LogP contribution is 2.34. The summed E-state index contributed by atoms with van der Waals surface area (Å²) in [7, 11) is -3.39. The highest BCUT2D eigenvalue weighted by molar-refractivity contribution is 7.91. The molecule has 0 atom stereocenters. The van der Waals surface area contributed by atoms with E-state index in [0.717, 1.165) is 6.20 Å². The Hall–Kier alpha value is -4.27. The number of anilines is 4. The first-order valence-electron chi connectivity index (χ1n) is 11.6. The van der Waals surface area contributed by atoms with Gasteiger partial charge in [-0.2, -0.15) is 23.3 Å². The van der Waals surface area contributed by atoms with E-state index in [1.54, 1.807) is 30.3 Å². The third-order valence-corrected chi connectivity index (χ3v) is 7.81. The minimum absolute atomic E-state index is 0.0236. The van der Waals surface area contributed by atoms with Gasteiger partial charge in [-0.15, -0.1) is 0 Å². The Morgan fingerprint density at radius 3 is 2.79 bits per heavy atom. The SMILES string of the molecule is O=C(OCCCN(c1nc(Nc2ccc3c(c2)S(=O)(=O)CC3)ncc1F)c1cccc2[nH]ncc12)C(F)(F)F. The molecule has 0 aliphatic carbocycles. The third kappa shape index (κ3) is 5.48. The fourth-order valence-electron chi connectivity index (χ4n) is 4.22. The zero-order chi connectivity index (χ0) is 27.8. The number of hydrogen-bond acceptors (Lipinski definition) is 9. The predicted molar refractivity (Wildman–Crippen MR) is 132 cm³/mol. The molecule has 204 valence electrons. The first kappa shape index (κ1) is 26.3. The first-order chi connectivity index (χ1) is 18.5. The second-order valence-electron chi connectivity index (χ2n) is 8.63. The van der Waals surface area contributed by atoms with Gasteiger partial charge in [0.25, 0.3) is 0 Å². The number of esters is 1. The number of aryl methyl sites for hydroxylation is 1. The molecule has 2 aromatic heterocycles. The molecule has 1 aliphatic rings. The molecule has 5 rings (SSSR count). The van der Waals surface area contributed by atoms with Crippen LogP contribution in [0.1, 0.15) is 12.0 Å². The van der Waals surface area contributed by atoms with Gasteiger partial charge < -0.3 is 15.0 Å². The van der Waals surface area contributed by atoms with Crippen LogP contribution in [0, 0.1) is 5.82 Å². The van der Waals surface area contributed by atoms with Crippen molar-refractivity contribution < 1.29 is 35.5 Å². The molecule has 2 N–H and O–H groups in total. The van der Waals surface area contributed by atoms with Crippen molar-refractivity contribution in [1.82, 2.24) is 20.2 Å². The zero-order valence-corrected chi connectivity index (χ0v) is 20.8. The summed E-state index contributed by atoms with van der Waals surface area (Å²) in [5.41, 5.74) is 2.13. The van der Waals surface area contributed by atoms with Crippen molar-refractivity contribution in [3.05, 3.63) is 60.2 Å². The van der Waals surface area contributed by atoms with E-state index >= 15 is 4.39 Å². The molecule has 4 aromatic rings. The van der Waals surface area contributed by atoms with Gasteiger partial charge in [0.1, 0.15) is 0 Å². The Balaban J connectivity index is 1.45. The summed E-state index contributed by atoms with van der Waals surface area (Å²) in [5.74, 6) is -3.38. The van der Waals surface area contributed by atoms with E-state index in [-0.39, 0.29) is 35.4 Å². The molecule has 15 heteroatoms. The fourth-order valence-corrected chi connectivity index (χ4v) is 5.80. The van der Waals surface area contributed by atoms with E-state index in [2.05, 4.69) is 30.2 Å². The normalized spacial score (nSPS) is 14.3. The van der Waals surface area contributed by atoms with Crippen molar-refractivity contribution in [1.29, 1.82) is 0 Å². The summed E-state index contributed by atoms with van der Waals surface area (Å²) < 4.78 is 81.5. The molecule has 1 aliphatic heterocycles. The number of ether oxygens (including phenoxy) is 1. The molecular weight excluding hydrogens is 544 g/mol. The Labute approximate surface area is 218 Å². The van der Waals surface area contributed by atoms with Crippen LogP contribution in [0.25, 0.3) is 10.9 Å². The zero-order valence-electron chi connectivity index (χ0n) is 20.0. The number of H-pyrrole nitrogens is 1. The summed E-state index contributed by atoms with van der Waals surface area (Å²) in [4.78, 5) is 20.9. The predicted octanol–water partition coefficient (Wildman–Crippen LogP) is 4.20. The highest BCUT2D eigenvalue weighted by Gasteiger charge is 2.40. The van der Waals surface area contributed by atoms with E-state index in [1.165, 1.54) is 17.2 Å². The monoisotopic (exact) mass is 564 g/mol. The number of sulfone groups is 1. The van der Waals surface area contributed by atoms with E-state index in [0.29, 0.717) is 34.3 Å². The number of carbonyl (C=O) groups excluding carboxylic acids is 1. The minimum Gasteiger partial charge on any atom is -0.459 e. The number of fused-ring (bicyclic) bond motifs is 2. The van der Waals surface area contributed by atoms with Gasteiger partial charge >= 0.3 is 12.1 Å². The van der Waals surface area contributed by atoms with Gasteiger partial charge in [-0.3, -0.25) is 5.10 Å². The molecule has 0 saturated carbocycles. The molecule has 0 spiro atoms. The molecule has 3 heterocycles. The highest BCUT2D eigenvalue weighted by atomic mass is 32.2. The van der Waals surface area contributed by atoms with Gasteiger partial charge in [-0.1, -0.05) is 12.1 Å². The lowest BCUT2D eigenvalue weighted by Crippen LogP contribution is -2.27. The Morgan fingerprint density at radius 2 is 2.00 bits per heavy atom. The molecule has 0 radical (unpaired) electrons. The number of rotatable bonds is 8. The lowest BCUT2D eigenvalue weighted by Gasteiger charge is -2.25. The smallest absolute Gasteiger partial charge is 0.459 e. The van der Waals surface area contributed by atoms with Crippen LogP contribution in [-0.2, 0) is 25.8 Å². The van der Waals surface area contributed by atoms with Crippen LogP contribution in [0.3, 0.4) is 0 Å². The maximum atomic E-state index is 15.1. The van der Waals surface area contributed by atoms with Crippen molar-refractivity contribution in [2.24, 2.45) is 0 Å². The molecule has 2 aromatic carbocycles. The lowest BCUT2D eigenvalue weighted by molar-refractivity contribution is -0.199. The van der Waals surface area contributed by atoms with Gasteiger partial charge in [-0.25, -0.2) is 22.6 Å². The van der Waals surface area contributed by atoms with Gasteiger partial charge in [0.05, 0.1) is 40.9 Å². The minimum atomic E-state index is -5.13. The number of alkyl halides is 3. The largest absolute Gasteiger partial charge is 0.490 e. The average Bonchev–Trinajstić information content (AvgIpc) is 3.49. The van der Waals surface area contributed by atoms with Crippen molar-refractivity contribution in [2.75, 3.05) is 29.1 Å². The van der Waals surface area contributed by atoms with Gasteiger partial charge in [0.15, 0.2) is 21.5 Å². The van der Waals surface area contributed by atoms with E-state index in [4.69, 9.17) is 0 Å². The van der Waals surface area contributed by atoms with Crippen molar-refractivity contribution in [3.63, 3.8) is 0 Å². The average molecular weight is 565 g/mol. The lowest BCUT2D eigenvalue weighted by atomic mass is 10.1. The second-order valence-corrected chi connectivity index (χ2v) is 10.7. The molecule has 0 unspecified atom stereocenters. The number of nitrogens with zero attached hydrogens (tertiary/aromatic N) is 4. The summed E-state index contributed by atoms with van der Waals surface area (Å²) >= 11 is 0. The van der Waals surface area contributed by atoms with E-state index < -0.39 is 34.4 Å². The van der Waals surface area contributed by atoms with Crippen LogP contribution in [0.15, 0.2) is 53.7 Å². The Morgan fingerprint density at radius 1 is 1.18 bits per heavy atom. The molecule has 10 nitrogen and oxygen atoms in total. The number of nitrogens with one attached hydrogen (secondary N) is 2. The Kier molecular flexibility index (Phi) is 6.84. The number of halogens is 4. The van der Waals surface area contributed by atoms with Crippen LogP contribution in [0.4, 0.5) is 40.7 Å². The maximum Gasteiger partial charge on any atom is 0.490 e. The van der Waals surface area contributed by atoms with E-state index in [9.17, 15) is 26.4 Å². The van der Waals surface area contributed by atoms with Crippen LogP contribution >= 0.6 is 0 Å². The van der Waals surface area contributed by atoms with Crippen molar-refractivity contribution in [3.8, 4) is 0 Å². The summed E-state index contributed by atoms with van der Waals surface area (Å²) in [5, 5.41) is 10.2. The van der Waals surface area contributed by atoms with E-state index in [1.807, 2.05) is 0 Å². The van der Waals surface area contributed by atoms with Crippen LogP contribution < -0.4 is 10.2 Å². The number of carbonyl (C=O) groups is 1. The van der Waals surface area contributed by atoms with Crippen LogP contribution in [-0.4, -0.2) is 59.6 Å². The second kappa shape index (κ2) is 10.1. The third-order valence-electron chi connectivity index (χ3n) is 6.02. The molecule has 0 fully saturated rings. The van der Waals surface area contributed by atoms with Gasteiger partial charge in [-0.05, 0) is 42.7 Å². The van der Waals surface area contributed by atoms with Crippen LogP contribution in [0.5, 0.6) is 0 Å². The van der Waals surface area contributed by atoms with Crippen molar-refractivity contribution in [2.45, 2.75) is 23.9 Å². The number of hydrogen-bond donors (Lipinski definition) is 2. The fraction of sp³-hybridized carbons (Fsp3) is 0.250. The molecule has 39 heavy (non-hydrogen) atoms. The molecular formula is C24H20F4N6O4S. The maximum absolute atomic E-state index is 15.1. The standard InChI is InChI=1S/C24H20F4N6O4S/c25-17-13-29-23(31-15-6-5-14-7-10-39(36,37)20(14)11-15)32-21(17)34(8-2-9-38-22(35)24(26,27)28)19-4-1-3-18-16(19)12-30-33-18/h1,3-6,11-13H,2,7-10H2,(H,30,33)(H,29,31,32). The number of aromatic amines is 1. The number of benzene rings is 2. The van der Waals surface area contributed by atoms with Gasteiger partial charge in [0, 0.05) is 17.6 Å². The Bertz CT molecular complexity index is 1660. The summed E-state index contributed by atoms with van der Waals surface area (Å²) in [6.45, 7) is -0.655. The molecule has 0 bridgehead atoms. The van der Waals surface area contributed by atoms with Gasteiger partial charge in [0.2, 0.25) is 5.95 Å². The first-order valence-corrected chi connectivity index (χ1v) is 13.3. The van der Waals surface area contributed by atoms with Crippen molar-refractivity contribution >= 4 is 49.9 Å². The quantitative estimate of drug-likeness (QED) is 0.184. The summed E-state index contributed by atoms with van der Waals surface area (Å²) in [6.07, 6.45) is -2.38. The van der Waals surface area contributed by atoms with Crippen LogP contribution in [0.2, 0.25) is 0 Å². The topological polar surface area (TPSA) is 130 Å².